The average Bonchev–Trinajstić information content (AvgIpc) is 2.56. The highest BCUT2D eigenvalue weighted by Crippen LogP contribution is 2.19. The van der Waals surface area contributed by atoms with Gasteiger partial charge in [0, 0.05) is 10.6 Å². The minimum absolute atomic E-state index is 0.0734. The third kappa shape index (κ3) is 5.24. The summed E-state index contributed by atoms with van der Waals surface area (Å²) in [5, 5.41) is 9.86. The summed E-state index contributed by atoms with van der Waals surface area (Å²) in [4.78, 5) is 11.3. The Labute approximate surface area is 139 Å². The summed E-state index contributed by atoms with van der Waals surface area (Å²) in [6.07, 6.45) is -0.965. The van der Waals surface area contributed by atoms with Gasteiger partial charge in [-0.15, -0.1) is 0 Å². The predicted octanol–water partition coefficient (Wildman–Crippen LogP) is 3.62. The summed E-state index contributed by atoms with van der Waals surface area (Å²) in [6, 6.07) is 13.7. The van der Waals surface area contributed by atoms with E-state index in [2.05, 4.69) is 11.8 Å². The van der Waals surface area contributed by atoms with Crippen LogP contribution in [0.2, 0.25) is 5.02 Å². The number of halogens is 1. The lowest BCUT2D eigenvalue weighted by Crippen LogP contribution is -2.26. The summed E-state index contributed by atoms with van der Waals surface area (Å²) in [5.74, 6) is 5.77. The van der Waals surface area contributed by atoms with Gasteiger partial charge in [-0.1, -0.05) is 23.4 Å². The Morgan fingerprint density at radius 1 is 1.13 bits per heavy atom. The Morgan fingerprint density at radius 3 is 2.30 bits per heavy atom. The molecule has 1 atom stereocenters. The van der Waals surface area contributed by atoms with Crippen LogP contribution >= 0.6 is 11.6 Å². The van der Waals surface area contributed by atoms with E-state index in [0.29, 0.717) is 16.5 Å². The summed E-state index contributed by atoms with van der Waals surface area (Å²) in [7, 11) is 1.56. The predicted molar refractivity (Wildman–Crippen MR) is 88.0 cm³/mol. The van der Waals surface area contributed by atoms with Crippen molar-refractivity contribution >= 4 is 17.6 Å². The van der Waals surface area contributed by atoms with Crippen molar-refractivity contribution in [1.82, 2.24) is 0 Å². The van der Waals surface area contributed by atoms with E-state index in [1.54, 1.807) is 55.6 Å². The van der Waals surface area contributed by atoms with Crippen molar-refractivity contribution in [2.24, 2.45) is 0 Å². The Bertz CT molecular complexity index is 711. The van der Waals surface area contributed by atoms with Gasteiger partial charge in [0.2, 0.25) is 6.10 Å². The maximum atomic E-state index is 11.3. The molecule has 0 aliphatic rings. The molecule has 4 nitrogen and oxygen atoms in total. The maximum Gasteiger partial charge on any atom is 0.345 e. The fraction of sp³-hybridized carbons (Fsp3) is 0.167. The van der Waals surface area contributed by atoms with Crippen molar-refractivity contribution in [3.8, 4) is 23.3 Å². The van der Waals surface area contributed by atoms with Crippen LogP contribution in [0.15, 0.2) is 48.5 Å². The third-order valence-corrected chi connectivity index (χ3v) is 3.23. The molecule has 1 N–H and O–H groups in total. The maximum absolute atomic E-state index is 11.3. The molecule has 0 aromatic heterocycles. The van der Waals surface area contributed by atoms with Crippen LogP contribution in [0.25, 0.3) is 0 Å². The molecule has 1 unspecified atom stereocenters. The van der Waals surface area contributed by atoms with Crippen molar-refractivity contribution in [3.63, 3.8) is 0 Å². The molecule has 0 fully saturated rings. The van der Waals surface area contributed by atoms with Crippen LogP contribution in [0, 0.1) is 11.8 Å². The molecule has 0 amide bonds. The van der Waals surface area contributed by atoms with Crippen molar-refractivity contribution in [3.05, 3.63) is 59.1 Å². The van der Waals surface area contributed by atoms with Crippen LogP contribution < -0.4 is 9.47 Å². The third-order valence-electron chi connectivity index (χ3n) is 2.98. The van der Waals surface area contributed by atoms with Crippen LogP contribution in [0.3, 0.4) is 0 Å². The van der Waals surface area contributed by atoms with Crippen LogP contribution in [0.5, 0.6) is 11.5 Å². The lowest BCUT2D eigenvalue weighted by molar-refractivity contribution is -0.144. The second-order valence-corrected chi connectivity index (χ2v) is 5.07. The molecule has 0 saturated carbocycles. The van der Waals surface area contributed by atoms with Gasteiger partial charge in [-0.25, -0.2) is 4.79 Å². The number of benzene rings is 2. The average molecular weight is 331 g/mol. The monoisotopic (exact) mass is 330 g/mol. The minimum Gasteiger partial charge on any atom is -0.497 e. The molecule has 0 spiro atoms. The number of rotatable bonds is 5. The zero-order chi connectivity index (χ0) is 16.7. The molecule has 118 valence electrons. The number of hydrogen-bond acceptors (Lipinski definition) is 3. The zero-order valence-electron chi connectivity index (χ0n) is 12.5. The first-order valence-electron chi connectivity index (χ1n) is 6.86. The molecule has 0 heterocycles. The zero-order valence-corrected chi connectivity index (χ0v) is 13.2. The van der Waals surface area contributed by atoms with E-state index in [1.165, 1.54) is 0 Å². The summed E-state index contributed by atoms with van der Waals surface area (Å²) in [6.45, 7) is 0. The number of carbonyl (C=O) groups is 1. The van der Waals surface area contributed by atoms with Crippen LogP contribution in [0.1, 0.15) is 12.0 Å². The first kappa shape index (κ1) is 16.7. The quantitative estimate of drug-likeness (QED) is 0.851. The molecule has 2 aromatic rings. The molecule has 0 aliphatic carbocycles. The second kappa shape index (κ2) is 8.11. The van der Waals surface area contributed by atoms with Gasteiger partial charge in [0.25, 0.3) is 0 Å². The molecular formula is C18H15ClO4. The topological polar surface area (TPSA) is 55.8 Å². The lowest BCUT2D eigenvalue weighted by Gasteiger charge is -2.12. The van der Waals surface area contributed by atoms with E-state index in [0.717, 1.165) is 5.56 Å². The largest absolute Gasteiger partial charge is 0.497 e. The molecule has 2 rings (SSSR count). The van der Waals surface area contributed by atoms with E-state index >= 15 is 0 Å². The summed E-state index contributed by atoms with van der Waals surface area (Å²) in [5.41, 5.74) is 0.767. The normalized spacial score (nSPS) is 11.0. The SMILES string of the molecule is COc1ccc(OC(CC#Cc2ccc(Cl)cc2)C(=O)O)cc1. The highest BCUT2D eigenvalue weighted by Gasteiger charge is 2.18. The highest BCUT2D eigenvalue weighted by molar-refractivity contribution is 6.30. The Morgan fingerprint density at radius 2 is 1.74 bits per heavy atom. The van der Waals surface area contributed by atoms with Crippen LogP contribution in [-0.4, -0.2) is 24.3 Å². The molecule has 2 aromatic carbocycles. The van der Waals surface area contributed by atoms with Gasteiger partial charge in [0.1, 0.15) is 11.5 Å². The van der Waals surface area contributed by atoms with Crippen molar-refractivity contribution in [2.75, 3.05) is 7.11 Å². The number of ether oxygens (including phenoxy) is 2. The fourth-order valence-corrected chi connectivity index (χ4v) is 1.90. The first-order chi connectivity index (χ1) is 11.1. The Kier molecular flexibility index (Phi) is 5.90. The molecular weight excluding hydrogens is 316 g/mol. The van der Waals surface area contributed by atoms with Gasteiger partial charge >= 0.3 is 5.97 Å². The molecule has 23 heavy (non-hydrogen) atoms. The first-order valence-corrected chi connectivity index (χ1v) is 7.24. The van der Waals surface area contributed by atoms with E-state index < -0.39 is 12.1 Å². The Balaban J connectivity index is 2.01. The van der Waals surface area contributed by atoms with Gasteiger partial charge in [0.05, 0.1) is 13.5 Å². The Hall–Kier alpha value is -2.64. The van der Waals surface area contributed by atoms with Gasteiger partial charge < -0.3 is 14.6 Å². The standard InChI is InChI=1S/C18H15ClO4/c1-22-15-9-11-16(12-10-15)23-17(18(20)21)4-2-3-13-5-7-14(19)8-6-13/h5-12,17H,4H2,1H3,(H,20,21). The lowest BCUT2D eigenvalue weighted by atomic mass is 10.2. The minimum atomic E-state index is -1.06. The molecule has 0 aliphatic heterocycles. The number of hydrogen-bond donors (Lipinski definition) is 1. The van der Waals surface area contributed by atoms with Crippen molar-refractivity contribution < 1.29 is 19.4 Å². The number of aliphatic carboxylic acids is 1. The summed E-state index contributed by atoms with van der Waals surface area (Å²) < 4.78 is 10.5. The van der Waals surface area contributed by atoms with E-state index in [-0.39, 0.29) is 6.42 Å². The fourth-order valence-electron chi connectivity index (χ4n) is 1.78. The van der Waals surface area contributed by atoms with Gasteiger partial charge in [-0.3, -0.25) is 0 Å². The summed E-state index contributed by atoms with van der Waals surface area (Å²) >= 11 is 5.79. The van der Waals surface area contributed by atoms with Gasteiger partial charge in [-0.05, 0) is 48.5 Å². The number of carboxylic acids is 1. The van der Waals surface area contributed by atoms with Crippen LogP contribution in [-0.2, 0) is 4.79 Å². The van der Waals surface area contributed by atoms with E-state index in [4.69, 9.17) is 21.1 Å². The molecule has 0 radical (unpaired) electrons. The molecule has 0 saturated heterocycles. The molecule has 5 heteroatoms. The van der Waals surface area contributed by atoms with Crippen molar-refractivity contribution in [2.45, 2.75) is 12.5 Å². The number of carboxylic acid groups (broad SMARTS) is 1. The van der Waals surface area contributed by atoms with Crippen molar-refractivity contribution in [1.29, 1.82) is 0 Å². The van der Waals surface area contributed by atoms with Gasteiger partial charge in [0.15, 0.2) is 0 Å². The van der Waals surface area contributed by atoms with E-state index in [1.807, 2.05) is 0 Å². The van der Waals surface area contributed by atoms with Crippen LogP contribution in [0.4, 0.5) is 0 Å². The second-order valence-electron chi connectivity index (χ2n) is 4.63. The highest BCUT2D eigenvalue weighted by atomic mass is 35.5. The van der Waals surface area contributed by atoms with E-state index in [9.17, 15) is 9.90 Å². The molecule has 0 bridgehead atoms. The smallest absolute Gasteiger partial charge is 0.345 e. The van der Waals surface area contributed by atoms with Gasteiger partial charge in [-0.2, -0.15) is 0 Å². The number of methoxy groups -OCH3 is 1.